The van der Waals surface area contributed by atoms with Crippen LogP contribution in [-0.2, 0) is 0 Å². The molecule has 3 aromatic carbocycles. The number of benzene rings is 3. The van der Waals surface area contributed by atoms with Crippen molar-refractivity contribution in [2.45, 2.75) is 33.3 Å². The van der Waals surface area contributed by atoms with Crippen molar-refractivity contribution >= 4 is 39.7 Å². The van der Waals surface area contributed by atoms with E-state index in [-0.39, 0.29) is 11.7 Å². The molecular weight excluding hydrogens is 490 g/mol. The fourth-order valence-electron chi connectivity index (χ4n) is 3.93. The van der Waals surface area contributed by atoms with E-state index in [1.807, 2.05) is 57.2 Å². The lowest BCUT2D eigenvalue weighted by atomic mass is 10.2. The second kappa shape index (κ2) is 10.5. The third kappa shape index (κ3) is 4.95. The Hall–Kier alpha value is -4.10. The number of ether oxygens (including phenoxy) is 2. The largest absolute Gasteiger partial charge is 0.490 e. The average molecular weight is 516 g/mol. The molecule has 1 atom stereocenters. The summed E-state index contributed by atoms with van der Waals surface area (Å²) in [5, 5.41) is 6.27. The molecule has 2 aromatic heterocycles. The van der Waals surface area contributed by atoms with E-state index in [1.54, 1.807) is 36.5 Å². The molecule has 0 aliphatic heterocycles. The van der Waals surface area contributed by atoms with Crippen molar-refractivity contribution < 1.29 is 13.9 Å². The van der Waals surface area contributed by atoms with Gasteiger partial charge in [0, 0.05) is 5.39 Å². The van der Waals surface area contributed by atoms with E-state index >= 15 is 0 Å². The minimum Gasteiger partial charge on any atom is -0.490 e. The fraction of sp³-hybridized carbons (Fsp3) is 0.207. The molecule has 0 fully saturated rings. The zero-order valence-corrected chi connectivity index (χ0v) is 21.5. The number of halogens is 1. The average Bonchev–Trinajstić information content (AvgIpc) is 3.34. The first-order chi connectivity index (χ1) is 18.0. The van der Waals surface area contributed by atoms with Crippen LogP contribution in [0.3, 0.4) is 0 Å². The standard InChI is InChI=1S/C29H26ClN3O4/c1-4-18(3)36-27-22(30)14-19(15-25(27)35-5-2)17-31-33-28(26-16-20-10-6-9-13-24(20)37-26)32-23-12-8-7-11-21(23)29(33)34/h6-18H,4-5H2,1-3H3/t18-/m1/s1. The Morgan fingerprint density at radius 1 is 1.11 bits per heavy atom. The van der Waals surface area contributed by atoms with Gasteiger partial charge in [0.25, 0.3) is 5.56 Å². The molecule has 5 rings (SSSR count). The Morgan fingerprint density at radius 2 is 1.89 bits per heavy atom. The molecule has 8 heteroatoms. The summed E-state index contributed by atoms with van der Waals surface area (Å²) < 4.78 is 19.1. The maximum absolute atomic E-state index is 13.5. The van der Waals surface area contributed by atoms with Gasteiger partial charge in [0.1, 0.15) is 5.58 Å². The Morgan fingerprint density at radius 3 is 2.68 bits per heavy atom. The monoisotopic (exact) mass is 515 g/mol. The highest BCUT2D eigenvalue weighted by atomic mass is 35.5. The van der Waals surface area contributed by atoms with Crippen molar-refractivity contribution in [3.63, 3.8) is 0 Å². The van der Waals surface area contributed by atoms with Crippen LogP contribution in [0.4, 0.5) is 0 Å². The van der Waals surface area contributed by atoms with Crippen LogP contribution in [0.5, 0.6) is 11.5 Å². The maximum atomic E-state index is 13.5. The Labute approximate surface area is 218 Å². The highest BCUT2D eigenvalue weighted by Gasteiger charge is 2.17. The first kappa shape index (κ1) is 24.6. The molecule has 0 aliphatic rings. The molecule has 0 bridgehead atoms. The summed E-state index contributed by atoms with van der Waals surface area (Å²) in [6.07, 6.45) is 2.35. The quantitative estimate of drug-likeness (QED) is 0.209. The van der Waals surface area contributed by atoms with E-state index in [0.717, 1.165) is 11.8 Å². The smallest absolute Gasteiger partial charge is 0.282 e. The Bertz CT molecular complexity index is 1640. The van der Waals surface area contributed by atoms with E-state index in [1.165, 1.54) is 4.68 Å². The first-order valence-corrected chi connectivity index (χ1v) is 12.5. The van der Waals surface area contributed by atoms with Crippen molar-refractivity contribution in [3.8, 4) is 23.1 Å². The number of para-hydroxylation sites is 2. The van der Waals surface area contributed by atoms with E-state index in [4.69, 9.17) is 30.5 Å². The lowest BCUT2D eigenvalue weighted by Crippen LogP contribution is -2.20. The Kier molecular flexibility index (Phi) is 6.97. The molecule has 0 N–H and O–H groups in total. The van der Waals surface area contributed by atoms with Crippen molar-refractivity contribution in [2.24, 2.45) is 5.10 Å². The van der Waals surface area contributed by atoms with Crippen LogP contribution in [-0.4, -0.2) is 28.6 Å². The lowest BCUT2D eigenvalue weighted by Gasteiger charge is -2.18. The number of rotatable bonds is 8. The molecule has 5 aromatic rings. The van der Waals surface area contributed by atoms with Crippen LogP contribution in [0, 0.1) is 0 Å². The topological polar surface area (TPSA) is 78.9 Å². The van der Waals surface area contributed by atoms with Crippen LogP contribution >= 0.6 is 11.6 Å². The van der Waals surface area contributed by atoms with Crippen molar-refractivity contribution in [2.75, 3.05) is 6.61 Å². The van der Waals surface area contributed by atoms with E-state index in [2.05, 4.69) is 5.10 Å². The van der Waals surface area contributed by atoms with Gasteiger partial charge >= 0.3 is 0 Å². The summed E-state index contributed by atoms with van der Waals surface area (Å²) >= 11 is 6.57. The number of fused-ring (bicyclic) bond motifs is 2. The van der Waals surface area contributed by atoms with Gasteiger partial charge in [-0.2, -0.15) is 9.78 Å². The van der Waals surface area contributed by atoms with Crippen molar-refractivity contribution in [3.05, 3.63) is 87.7 Å². The summed E-state index contributed by atoms with van der Waals surface area (Å²) in [6.45, 7) is 6.34. The zero-order chi connectivity index (χ0) is 25.9. The summed E-state index contributed by atoms with van der Waals surface area (Å²) in [7, 11) is 0. The summed E-state index contributed by atoms with van der Waals surface area (Å²) in [4.78, 5) is 18.2. The molecule has 188 valence electrons. The number of aromatic nitrogens is 2. The zero-order valence-electron chi connectivity index (χ0n) is 20.8. The van der Waals surface area contributed by atoms with Gasteiger partial charge in [-0.1, -0.05) is 48.9 Å². The molecule has 0 amide bonds. The van der Waals surface area contributed by atoms with Gasteiger partial charge in [-0.15, -0.1) is 0 Å². The first-order valence-electron chi connectivity index (χ1n) is 12.2. The summed E-state index contributed by atoms with van der Waals surface area (Å²) in [6, 6.07) is 20.1. The normalized spacial score (nSPS) is 12.4. The molecular formula is C29H26ClN3O4. The minimum atomic E-state index is -0.315. The van der Waals surface area contributed by atoms with Crippen LogP contribution < -0.4 is 15.0 Å². The van der Waals surface area contributed by atoms with Crippen LogP contribution in [0.25, 0.3) is 33.5 Å². The predicted octanol–water partition coefficient (Wildman–Crippen LogP) is 6.92. The maximum Gasteiger partial charge on any atom is 0.282 e. The number of furan rings is 1. The van der Waals surface area contributed by atoms with E-state index in [0.29, 0.717) is 56.8 Å². The predicted molar refractivity (Wildman–Crippen MR) is 147 cm³/mol. The summed E-state index contributed by atoms with van der Waals surface area (Å²) in [5.41, 5.74) is 1.58. The van der Waals surface area contributed by atoms with Crippen molar-refractivity contribution in [1.82, 2.24) is 9.66 Å². The highest BCUT2D eigenvalue weighted by molar-refractivity contribution is 6.32. The van der Waals surface area contributed by atoms with Gasteiger partial charge in [-0.05, 0) is 62.2 Å². The number of nitrogens with zero attached hydrogens (tertiary/aromatic N) is 3. The molecule has 0 saturated carbocycles. The van der Waals surface area contributed by atoms with Crippen molar-refractivity contribution in [1.29, 1.82) is 0 Å². The van der Waals surface area contributed by atoms with Gasteiger partial charge in [-0.3, -0.25) is 4.79 Å². The van der Waals surface area contributed by atoms with Crippen LogP contribution in [0.2, 0.25) is 5.02 Å². The molecule has 0 saturated heterocycles. The molecule has 7 nitrogen and oxygen atoms in total. The molecule has 0 unspecified atom stereocenters. The van der Waals surface area contributed by atoms with Gasteiger partial charge in [0.15, 0.2) is 17.3 Å². The lowest BCUT2D eigenvalue weighted by molar-refractivity contribution is 0.203. The molecule has 2 heterocycles. The third-order valence-corrected chi connectivity index (χ3v) is 6.23. The second-order valence-electron chi connectivity index (χ2n) is 8.56. The number of hydrogen-bond acceptors (Lipinski definition) is 6. The molecule has 0 spiro atoms. The van der Waals surface area contributed by atoms with E-state index < -0.39 is 0 Å². The Balaban J connectivity index is 1.63. The molecule has 0 radical (unpaired) electrons. The fourth-order valence-corrected chi connectivity index (χ4v) is 4.19. The van der Waals surface area contributed by atoms with Gasteiger partial charge in [-0.25, -0.2) is 4.98 Å². The SMILES string of the molecule is CCOc1cc(C=Nn2c(-c3cc4ccccc4o3)nc3ccccc3c2=O)cc(Cl)c1O[C@H](C)CC. The van der Waals surface area contributed by atoms with Gasteiger partial charge in [0.2, 0.25) is 5.82 Å². The van der Waals surface area contributed by atoms with Gasteiger partial charge in [0.05, 0.1) is 34.9 Å². The highest BCUT2D eigenvalue weighted by Crippen LogP contribution is 2.37. The van der Waals surface area contributed by atoms with E-state index in [9.17, 15) is 4.79 Å². The molecule has 37 heavy (non-hydrogen) atoms. The van der Waals surface area contributed by atoms with Crippen LogP contribution in [0.1, 0.15) is 32.8 Å². The second-order valence-corrected chi connectivity index (χ2v) is 8.97. The third-order valence-electron chi connectivity index (χ3n) is 5.95. The summed E-state index contributed by atoms with van der Waals surface area (Å²) in [5.74, 6) is 1.73. The molecule has 0 aliphatic carbocycles. The minimum absolute atomic E-state index is 0.0233. The van der Waals surface area contributed by atoms with Gasteiger partial charge < -0.3 is 13.9 Å². The number of hydrogen-bond donors (Lipinski definition) is 0. The van der Waals surface area contributed by atoms with Crippen LogP contribution in [0.15, 0.2) is 81.0 Å².